The number of aryl methyl sites for hydroxylation is 1. The Hall–Kier alpha value is -1.81. The smallest absolute Gasteiger partial charge is 0.257 e. The van der Waals surface area contributed by atoms with E-state index in [1.54, 1.807) is 7.11 Å². The fraction of sp³-hybridized carbons (Fsp3) is 0.625. The van der Waals surface area contributed by atoms with Crippen molar-refractivity contribution in [3.8, 4) is 5.75 Å². The molecule has 1 aromatic carbocycles. The fourth-order valence-electron chi connectivity index (χ4n) is 5.84. The Balaban J connectivity index is 1.72. The summed E-state index contributed by atoms with van der Waals surface area (Å²) >= 11 is 0. The number of methoxy groups -OCH3 is 1. The number of hydrogen-bond acceptors (Lipinski definition) is 3. The van der Waals surface area contributed by atoms with Crippen molar-refractivity contribution < 1.29 is 14.3 Å². The normalized spacial score (nSPS) is 32.5. The molecular weight excluding hydrogens is 350 g/mol. The van der Waals surface area contributed by atoms with Crippen LogP contribution in [0.25, 0.3) is 0 Å². The summed E-state index contributed by atoms with van der Waals surface area (Å²) < 4.78 is 11.5. The first-order valence-electron chi connectivity index (χ1n) is 10.7. The van der Waals surface area contributed by atoms with E-state index in [4.69, 9.17) is 9.47 Å². The molecule has 0 radical (unpaired) electrons. The summed E-state index contributed by atoms with van der Waals surface area (Å²) in [6.45, 7) is 12.1. The topological polar surface area (TPSA) is 38.8 Å². The molecule has 0 unspecified atom stereocenters. The molecule has 152 valence electrons. The van der Waals surface area contributed by atoms with Crippen LogP contribution in [-0.4, -0.2) is 43.2 Å². The second kappa shape index (κ2) is 7.22. The molecule has 1 aromatic rings. The highest BCUT2D eigenvalue weighted by atomic mass is 16.5. The number of morpholine rings is 1. The summed E-state index contributed by atoms with van der Waals surface area (Å²) in [6, 6.07) is 4.26. The van der Waals surface area contributed by atoms with Gasteiger partial charge in [-0.2, -0.15) is 0 Å². The number of allylic oxidation sites excluding steroid dienone is 1. The summed E-state index contributed by atoms with van der Waals surface area (Å²) in [5.74, 6) is 1.30. The van der Waals surface area contributed by atoms with Crippen LogP contribution in [0.4, 0.5) is 0 Å². The van der Waals surface area contributed by atoms with E-state index in [-0.39, 0.29) is 23.5 Å². The average Bonchev–Trinajstić information content (AvgIpc) is 2.65. The first kappa shape index (κ1) is 19.5. The Labute approximate surface area is 168 Å². The van der Waals surface area contributed by atoms with Crippen molar-refractivity contribution >= 4 is 5.91 Å². The SMILES string of the molecule is C=C1CCC[C@]2(C)c3cc(OC)c(C(=O)N4C[C@@H](C)O[C@H](C)C4)cc3CC[C@@H]12. The highest BCUT2D eigenvalue weighted by Gasteiger charge is 2.44. The minimum atomic E-state index is 0.0574. The van der Waals surface area contributed by atoms with Crippen molar-refractivity contribution in [1.82, 2.24) is 4.90 Å². The van der Waals surface area contributed by atoms with Crippen molar-refractivity contribution in [2.75, 3.05) is 20.2 Å². The molecule has 1 amide bonds. The van der Waals surface area contributed by atoms with E-state index < -0.39 is 0 Å². The summed E-state index contributed by atoms with van der Waals surface area (Å²) in [5.41, 5.74) is 4.88. The van der Waals surface area contributed by atoms with Crippen LogP contribution in [0.2, 0.25) is 0 Å². The molecule has 1 heterocycles. The summed E-state index contributed by atoms with van der Waals surface area (Å²) in [4.78, 5) is 15.3. The molecule has 4 rings (SSSR count). The van der Waals surface area contributed by atoms with Gasteiger partial charge in [0.2, 0.25) is 0 Å². The van der Waals surface area contributed by atoms with Gasteiger partial charge in [0.15, 0.2) is 0 Å². The van der Waals surface area contributed by atoms with Gasteiger partial charge in [-0.3, -0.25) is 4.79 Å². The second-order valence-electron chi connectivity index (χ2n) is 9.20. The number of rotatable bonds is 2. The zero-order valence-corrected chi connectivity index (χ0v) is 17.7. The molecular formula is C24H33NO3. The number of ether oxygens (including phenoxy) is 2. The van der Waals surface area contributed by atoms with E-state index in [0.29, 0.717) is 30.3 Å². The fourth-order valence-corrected chi connectivity index (χ4v) is 5.84. The average molecular weight is 384 g/mol. The van der Waals surface area contributed by atoms with Gasteiger partial charge in [0, 0.05) is 13.1 Å². The first-order valence-corrected chi connectivity index (χ1v) is 10.7. The third-order valence-corrected chi connectivity index (χ3v) is 7.14. The van der Waals surface area contributed by atoms with Crippen LogP contribution in [0.15, 0.2) is 24.3 Å². The predicted molar refractivity (Wildman–Crippen MR) is 111 cm³/mol. The first-order chi connectivity index (χ1) is 13.3. The van der Waals surface area contributed by atoms with Crippen LogP contribution >= 0.6 is 0 Å². The maximum Gasteiger partial charge on any atom is 0.257 e. The Morgan fingerprint density at radius 2 is 1.96 bits per heavy atom. The molecule has 3 aliphatic rings. The zero-order chi connectivity index (χ0) is 20.1. The van der Waals surface area contributed by atoms with Crippen molar-refractivity contribution in [2.24, 2.45) is 5.92 Å². The summed E-state index contributed by atoms with van der Waals surface area (Å²) in [5, 5.41) is 0. The van der Waals surface area contributed by atoms with Gasteiger partial charge < -0.3 is 14.4 Å². The second-order valence-corrected chi connectivity index (χ2v) is 9.20. The largest absolute Gasteiger partial charge is 0.496 e. The van der Waals surface area contributed by atoms with Gasteiger partial charge in [0.05, 0.1) is 24.9 Å². The molecule has 1 saturated carbocycles. The maximum absolute atomic E-state index is 13.3. The van der Waals surface area contributed by atoms with Gasteiger partial charge in [-0.05, 0) is 80.5 Å². The van der Waals surface area contributed by atoms with Crippen LogP contribution in [0, 0.1) is 5.92 Å². The number of benzene rings is 1. The van der Waals surface area contributed by atoms with Crippen molar-refractivity contribution in [2.45, 2.75) is 70.5 Å². The third-order valence-electron chi connectivity index (χ3n) is 7.14. The lowest BCUT2D eigenvalue weighted by molar-refractivity contribution is -0.0586. The Morgan fingerprint density at radius 3 is 2.64 bits per heavy atom. The molecule has 2 fully saturated rings. The Kier molecular flexibility index (Phi) is 5.03. The number of hydrogen-bond donors (Lipinski definition) is 0. The van der Waals surface area contributed by atoms with E-state index in [1.807, 2.05) is 18.7 Å². The Bertz CT molecular complexity index is 791. The van der Waals surface area contributed by atoms with E-state index in [0.717, 1.165) is 19.3 Å². The van der Waals surface area contributed by atoms with Crippen LogP contribution < -0.4 is 4.74 Å². The standard InChI is InChI=1S/C24H33NO3/c1-15-7-6-10-24(4)20(15)9-8-18-11-19(22(27-5)12-21(18)24)23(26)25-13-16(2)28-17(3)14-25/h11-12,16-17,20H,1,6-10,13-14H2,2-5H3/t16-,17-,20+,24+/m1/s1. The molecule has 28 heavy (non-hydrogen) atoms. The minimum Gasteiger partial charge on any atom is -0.496 e. The lowest BCUT2D eigenvalue weighted by atomic mass is 9.57. The summed E-state index contributed by atoms with van der Waals surface area (Å²) in [7, 11) is 1.67. The molecule has 1 saturated heterocycles. The number of amides is 1. The minimum absolute atomic E-state index is 0.0574. The lowest BCUT2D eigenvalue weighted by Gasteiger charge is -2.48. The van der Waals surface area contributed by atoms with Crippen LogP contribution in [0.5, 0.6) is 5.75 Å². The van der Waals surface area contributed by atoms with Gasteiger partial charge in [0.1, 0.15) is 5.75 Å². The summed E-state index contributed by atoms with van der Waals surface area (Å²) in [6.07, 6.45) is 5.78. The highest BCUT2D eigenvalue weighted by Crippen LogP contribution is 2.52. The van der Waals surface area contributed by atoms with Gasteiger partial charge in [0.25, 0.3) is 5.91 Å². The predicted octanol–water partition coefficient (Wildman–Crippen LogP) is 4.50. The third kappa shape index (κ3) is 3.16. The zero-order valence-electron chi connectivity index (χ0n) is 17.7. The molecule has 0 N–H and O–H groups in total. The Morgan fingerprint density at radius 1 is 1.25 bits per heavy atom. The quantitative estimate of drug-likeness (QED) is 0.706. The maximum atomic E-state index is 13.3. The van der Waals surface area contributed by atoms with Crippen molar-refractivity contribution in [1.29, 1.82) is 0 Å². The van der Waals surface area contributed by atoms with Crippen molar-refractivity contribution in [3.63, 3.8) is 0 Å². The van der Waals surface area contributed by atoms with E-state index in [9.17, 15) is 4.79 Å². The van der Waals surface area contributed by atoms with Crippen LogP contribution in [0.3, 0.4) is 0 Å². The van der Waals surface area contributed by atoms with E-state index in [1.165, 1.54) is 29.5 Å². The number of carbonyl (C=O) groups excluding carboxylic acids is 1. The van der Waals surface area contributed by atoms with E-state index in [2.05, 4.69) is 25.6 Å². The molecule has 4 nitrogen and oxygen atoms in total. The number of carbonyl (C=O) groups is 1. The molecule has 2 aliphatic carbocycles. The molecule has 4 atom stereocenters. The highest BCUT2D eigenvalue weighted by molar-refractivity contribution is 5.97. The van der Waals surface area contributed by atoms with Gasteiger partial charge in [-0.15, -0.1) is 0 Å². The molecule has 4 heteroatoms. The van der Waals surface area contributed by atoms with Crippen LogP contribution in [0.1, 0.15) is 67.9 Å². The van der Waals surface area contributed by atoms with Crippen LogP contribution in [-0.2, 0) is 16.6 Å². The molecule has 0 bridgehead atoms. The van der Waals surface area contributed by atoms with Gasteiger partial charge in [-0.1, -0.05) is 19.1 Å². The molecule has 0 spiro atoms. The lowest BCUT2D eigenvalue weighted by Crippen LogP contribution is -2.48. The van der Waals surface area contributed by atoms with Crippen molar-refractivity contribution in [3.05, 3.63) is 41.0 Å². The molecule has 0 aromatic heterocycles. The van der Waals surface area contributed by atoms with E-state index >= 15 is 0 Å². The number of nitrogens with zero attached hydrogens (tertiary/aromatic N) is 1. The monoisotopic (exact) mass is 383 g/mol. The molecule has 1 aliphatic heterocycles. The van der Waals surface area contributed by atoms with Gasteiger partial charge in [-0.25, -0.2) is 0 Å². The number of fused-ring (bicyclic) bond motifs is 3. The van der Waals surface area contributed by atoms with Gasteiger partial charge >= 0.3 is 0 Å².